The molecule has 0 N–H and O–H groups in total. The van der Waals surface area contributed by atoms with Crippen molar-refractivity contribution < 1.29 is 9.13 Å². The molecule has 0 saturated heterocycles. The van der Waals surface area contributed by atoms with Gasteiger partial charge in [0.25, 0.3) is 0 Å². The molecule has 0 fully saturated rings. The minimum atomic E-state index is -0.316. The highest BCUT2D eigenvalue weighted by atomic mass is 79.9. The summed E-state index contributed by atoms with van der Waals surface area (Å²) in [5, 5.41) is 0.253. The van der Waals surface area contributed by atoms with E-state index in [1.807, 2.05) is 0 Å². The Kier molecular flexibility index (Phi) is 3.91. The van der Waals surface area contributed by atoms with Gasteiger partial charge >= 0.3 is 0 Å². The van der Waals surface area contributed by atoms with Crippen LogP contribution in [0.5, 0.6) is 5.88 Å². The number of halogens is 3. The molecule has 0 unspecified atom stereocenters. The first-order chi connectivity index (χ1) is 8.18. The Morgan fingerprint density at radius 3 is 2.82 bits per heavy atom. The van der Waals surface area contributed by atoms with Crippen LogP contribution in [0.1, 0.15) is 5.56 Å². The molecule has 2 rings (SSSR count). The van der Waals surface area contributed by atoms with Crippen molar-refractivity contribution in [3.8, 4) is 5.88 Å². The third kappa shape index (κ3) is 2.92. The van der Waals surface area contributed by atoms with Crippen molar-refractivity contribution in [2.24, 2.45) is 0 Å². The van der Waals surface area contributed by atoms with E-state index in [0.717, 1.165) is 0 Å². The predicted molar refractivity (Wildman–Crippen MR) is 65.5 cm³/mol. The average Bonchev–Trinajstić information content (AvgIpc) is 2.33. The van der Waals surface area contributed by atoms with Crippen molar-refractivity contribution >= 4 is 27.5 Å². The zero-order valence-electron chi connectivity index (χ0n) is 8.53. The lowest BCUT2D eigenvalue weighted by Crippen LogP contribution is -2.00. The molecule has 1 aromatic carbocycles. The molecular weight excluding hydrogens is 310 g/mol. The summed E-state index contributed by atoms with van der Waals surface area (Å²) in [7, 11) is 0. The second-order valence-electron chi connectivity index (χ2n) is 3.16. The van der Waals surface area contributed by atoms with E-state index in [2.05, 4.69) is 25.9 Å². The quantitative estimate of drug-likeness (QED) is 0.811. The zero-order chi connectivity index (χ0) is 12.3. The van der Waals surface area contributed by atoms with Gasteiger partial charge in [-0.15, -0.1) is 0 Å². The van der Waals surface area contributed by atoms with E-state index in [1.54, 1.807) is 18.2 Å². The topological polar surface area (TPSA) is 35.0 Å². The molecule has 2 aromatic rings. The summed E-state index contributed by atoms with van der Waals surface area (Å²) in [6, 6.07) is 6.38. The summed E-state index contributed by atoms with van der Waals surface area (Å²) in [6.07, 6.45) is 1.28. The minimum Gasteiger partial charge on any atom is -0.472 e. The summed E-state index contributed by atoms with van der Waals surface area (Å²) >= 11 is 8.97. The van der Waals surface area contributed by atoms with E-state index < -0.39 is 0 Å². The fraction of sp³-hybridized carbons (Fsp3) is 0.0909. The number of rotatable bonds is 3. The van der Waals surface area contributed by atoms with Gasteiger partial charge in [0, 0.05) is 5.56 Å². The smallest absolute Gasteiger partial charge is 0.233 e. The molecule has 88 valence electrons. The monoisotopic (exact) mass is 316 g/mol. The Hall–Kier alpha value is -1.20. The number of ether oxygens (including phenoxy) is 1. The molecule has 0 aliphatic rings. The molecule has 3 nitrogen and oxygen atoms in total. The van der Waals surface area contributed by atoms with Gasteiger partial charge in [0.2, 0.25) is 5.88 Å². The number of nitrogens with zero attached hydrogens (tertiary/aromatic N) is 2. The molecule has 6 heteroatoms. The van der Waals surface area contributed by atoms with Crippen LogP contribution in [-0.4, -0.2) is 9.97 Å². The largest absolute Gasteiger partial charge is 0.472 e. The Morgan fingerprint density at radius 1 is 1.29 bits per heavy atom. The van der Waals surface area contributed by atoms with Gasteiger partial charge in [0.05, 0.1) is 0 Å². The van der Waals surface area contributed by atoms with Gasteiger partial charge < -0.3 is 4.74 Å². The second kappa shape index (κ2) is 5.42. The molecule has 0 spiro atoms. The number of hydrogen-bond donors (Lipinski definition) is 0. The second-order valence-corrected chi connectivity index (χ2v) is 4.31. The molecule has 0 bridgehead atoms. The molecule has 0 radical (unpaired) electrons. The van der Waals surface area contributed by atoms with Crippen molar-refractivity contribution in [2.45, 2.75) is 6.61 Å². The van der Waals surface area contributed by atoms with E-state index >= 15 is 0 Å². The maximum atomic E-state index is 13.3. The van der Waals surface area contributed by atoms with Gasteiger partial charge in [-0.3, -0.25) is 0 Å². The van der Waals surface area contributed by atoms with Crippen molar-refractivity contribution in [1.29, 1.82) is 0 Å². The van der Waals surface area contributed by atoms with Crippen LogP contribution in [0.3, 0.4) is 0 Å². The van der Waals surface area contributed by atoms with Crippen molar-refractivity contribution in [1.82, 2.24) is 9.97 Å². The maximum Gasteiger partial charge on any atom is 0.233 e. The number of benzene rings is 1. The Morgan fingerprint density at radius 2 is 2.06 bits per heavy atom. The number of aromatic nitrogens is 2. The van der Waals surface area contributed by atoms with Crippen LogP contribution in [0.2, 0.25) is 5.15 Å². The van der Waals surface area contributed by atoms with Crippen molar-refractivity contribution in [3.63, 3.8) is 0 Å². The van der Waals surface area contributed by atoms with Crippen LogP contribution in [-0.2, 0) is 6.61 Å². The van der Waals surface area contributed by atoms with E-state index in [9.17, 15) is 4.39 Å². The maximum absolute atomic E-state index is 13.3. The van der Waals surface area contributed by atoms with Gasteiger partial charge in [0.15, 0.2) is 5.15 Å². The molecule has 1 aromatic heterocycles. The molecule has 0 amide bonds. The minimum absolute atomic E-state index is 0.0820. The zero-order valence-corrected chi connectivity index (χ0v) is 10.9. The molecule has 0 atom stereocenters. The molecule has 1 heterocycles. The van der Waals surface area contributed by atoms with E-state index in [-0.39, 0.29) is 23.5 Å². The van der Waals surface area contributed by atoms with Crippen LogP contribution in [0.15, 0.2) is 35.1 Å². The molecule has 17 heavy (non-hydrogen) atoms. The van der Waals surface area contributed by atoms with Gasteiger partial charge in [-0.1, -0.05) is 29.8 Å². The van der Waals surface area contributed by atoms with E-state index in [4.69, 9.17) is 16.3 Å². The van der Waals surface area contributed by atoms with Gasteiger partial charge in [0.1, 0.15) is 23.2 Å². The lowest BCUT2D eigenvalue weighted by molar-refractivity contribution is 0.285. The van der Waals surface area contributed by atoms with Crippen molar-refractivity contribution in [2.75, 3.05) is 0 Å². The third-order valence-corrected chi connectivity index (χ3v) is 3.27. The van der Waals surface area contributed by atoms with Gasteiger partial charge in [-0.05, 0) is 22.0 Å². The van der Waals surface area contributed by atoms with Crippen LogP contribution in [0.4, 0.5) is 4.39 Å². The normalized spacial score (nSPS) is 10.3. The Balaban J connectivity index is 2.13. The lowest BCUT2D eigenvalue weighted by atomic mass is 10.2. The summed E-state index contributed by atoms with van der Waals surface area (Å²) in [5.41, 5.74) is 0.453. The highest BCUT2D eigenvalue weighted by Gasteiger charge is 2.09. The summed E-state index contributed by atoms with van der Waals surface area (Å²) < 4.78 is 19.1. The summed E-state index contributed by atoms with van der Waals surface area (Å²) in [4.78, 5) is 7.66. The van der Waals surface area contributed by atoms with Gasteiger partial charge in [-0.25, -0.2) is 14.4 Å². The molecule has 0 saturated carbocycles. The Labute approximate surface area is 111 Å². The molecule has 0 aliphatic heterocycles. The van der Waals surface area contributed by atoms with Crippen LogP contribution >= 0.6 is 27.5 Å². The predicted octanol–water partition coefficient (Wildman–Crippen LogP) is 3.61. The standard InChI is InChI=1S/C11H7BrClFN2O/c12-9-10(13)15-6-16-11(9)17-5-7-3-1-2-4-8(7)14/h1-4,6H,5H2. The Bertz CT molecular complexity index is 539. The first-order valence-corrected chi connectivity index (χ1v) is 5.88. The third-order valence-electron chi connectivity index (χ3n) is 2.04. The fourth-order valence-electron chi connectivity index (χ4n) is 1.20. The first kappa shape index (κ1) is 12.3. The van der Waals surface area contributed by atoms with E-state index in [0.29, 0.717) is 10.0 Å². The molecule has 0 aliphatic carbocycles. The van der Waals surface area contributed by atoms with Gasteiger partial charge in [-0.2, -0.15) is 0 Å². The van der Waals surface area contributed by atoms with Crippen LogP contribution < -0.4 is 4.74 Å². The first-order valence-electron chi connectivity index (χ1n) is 4.70. The molecular formula is C11H7BrClFN2O. The van der Waals surface area contributed by atoms with Crippen LogP contribution in [0, 0.1) is 5.82 Å². The number of hydrogen-bond acceptors (Lipinski definition) is 3. The average molecular weight is 318 g/mol. The highest BCUT2D eigenvalue weighted by Crippen LogP contribution is 2.28. The summed E-state index contributed by atoms with van der Waals surface area (Å²) in [6.45, 7) is 0.0820. The van der Waals surface area contributed by atoms with Crippen molar-refractivity contribution in [3.05, 3.63) is 51.6 Å². The lowest BCUT2D eigenvalue weighted by Gasteiger charge is -2.07. The van der Waals surface area contributed by atoms with E-state index in [1.165, 1.54) is 12.4 Å². The highest BCUT2D eigenvalue weighted by molar-refractivity contribution is 9.10. The SMILES string of the molecule is Fc1ccccc1COc1ncnc(Cl)c1Br. The summed E-state index contributed by atoms with van der Waals surface area (Å²) in [5.74, 6) is -0.0305. The van der Waals surface area contributed by atoms with Crippen LogP contribution in [0.25, 0.3) is 0 Å². The fourth-order valence-corrected chi connectivity index (χ4v) is 1.64.